The minimum atomic E-state index is -1.10. The molecule has 2 rings (SSSR count). The number of aliphatic carboxylic acids is 1. The molecule has 34 heavy (non-hydrogen) atoms. The first kappa shape index (κ1) is 27.1. The molecule has 0 aliphatic heterocycles. The first-order chi connectivity index (χ1) is 16.0. The van der Waals surface area contributed by atoms with E-state index in [0.717, 1.165) is 16.7 Å². The average Bonchev–Trinajstić information content (AvgIpc) is 2.79. The van der Waals surface area contributed by atoms with Crippen LogP contribution in [0.5, 0.6) is 5.75 Å². The lowest BCUT2D eigenvalue weighted by atomic mass is 9.97. The fraction of sp³-hybridized carbons (Fsp3) is 0.333. The average molecular weight is 491 g/mol. The molecule has 0 aliphatic rings. The van der Waals surface area contributed by atoms with Crippen LogP contribution in [0, 0.1) is 6.92 Å². The summed E-state index contributed by atoms with van der Waals surface area (Å²) in [6, 6.07) is 8.81. The van der Waals surface area contributed by atoms with Crippen molar-refractivity contribution in [1.29, 1.82) is 0 Å². The number of rotatable bonds is 12. The number of benzene rings is 2. The van der Waals surface area contributed by atoms with Crippen molar-refractivity contribution >= 4 is 23.5 Å². The van der Waals surface area contributed by atoms with Gasteiger partial charge in [0.2, 0.25) is 5.91 Å². The Bertz CT molecular complexity index is 1050. The Balaban J connectivity index is 2.15. The molecule has 0 aliphatic carbocycles. The van der Waals surface area contributed by atoms with E-state index in [2.05, 4.69) is 17.2 Å². The molecule has 0 saturated carbocycles. The maximum atomic E-state index is 12.8. The Morgan fingerprint density at radius 2 is 1.82 bits per heavy atom. The lowest BCUT2D eigenvalue weighted by Gasteiger charge is -2.25. The van der Waals surface area contributed by atoms with Crippen molar-refractivity contribution in [3.8, 4) is 16.9 Å². The van der Waals surface area contributed by atoms with E-state index in [1.807, 2.05) is 19.1 Å². The first-order valence-electron chi connectivity index (χ1n) is 10.7. The van der Waals surface area contributed by atoms with Gasteiger partial charge in [-0.05, 0) is 53.4 Å². The Morgan fingerprint density at radius 1 is 1.18 bits per heavy atom. The topological polar surface area (TPSA) is 171 Å². The van der Waals surface area contributed by atoms with E-state index in [4.69, 9.17) is 28.2 Å². The predicted molar refractivity (Wildman–Crippen MR) is 131 cm³/mol. The van der Waals surface area contributed by atoms with E-state index in [-0.39, 0.29) is 30.8 Å². The summed E-state index contributed by atoms with van der Waals surface area (Å²) in [5.74, 6) is -1.66. The van der Waals surface area contributed by atoms with Gasteiger partial charge >= 0.3 is 5.97 Å². The number of hydrogen-bond acceptors (Lipinski definition) is 7. The summed E-state index contributed by atoms with van der Waals surface area (Å²) in [6.45, 7) is 5.20. The standard InChI is InChI=1S/C24H31ClN4O5/c1-13-7-15(3-5-19(13)25)16-4-6-22(31)17(8-16)9-20(27)24(34)29-21(10-18(30)11-26)14(2)28-12-23(32)33/h3-8,18,20-21,28,30-31H,2,9-12,26-27H2,1H3,(H,29,34)(H,32,33)/t18-,20+,21+/m1/s1. The second kappa shape index (κ2) is 12.4. The van der Waals surface area contributed by atoms with Crippen molar-refractivity contribution in [1.82, 2.24) is 10.6 Å². The van der Waals surface area contributed by atoms with Crippen molar-refractivity contribution in [3.05, 3.63) is 64.8 Å². The van der Waals surface area contributed by atoms with Crippen molar-refractivity contribution in [2.24, 2.45) is 11.5 Å². The number of aliphatic hydroxyl groups is 1. The number of phenols is 1. The Morgan fingerprint density at radius 3 is 2.44 bits per heavy atom. The Labute approximate surface area is 203 Å². The van der Waals surface area contributed by atoms with E-state index in [1.165, 1.54) is 6.07 Å². The maximum Gasteiger partial charge on any atom is 0.322 e. The number of hydrogen-bond donors (Lipinski definition) is 7. The van der Waals surface area contributed by atoms with Gasteiger partial charge in [-0.15, -0.1) is 0 Å². The molecule has 0 bridgehead atoms. The van der Waals surface area contributed by atoms with Crippen LogP contribution in [0.25, 0.3) is 11.1 Å². The zero-order valence-electron chi connectivity index (χ0n) is 18.9. The number of amides is 1. The summed E-state index contributed by atoms with van der Waals surface area (Å²) in [4.78, 5) is 23.6. The van der Waals surface area contributed by atoms with Gasteiger partial charge in [0.05, 0.1) is 18.2 Å². The number of aromatic hydroxyl groups is 1. The van der Waals surface area contributed by atoms with Crippen molar-refractivity contribution in [3.63, 3.8) is 0 Å². The lowest BCUT2D eigenvalue weighted by molar-refractivity contribution is -0.135. The zero-order valence-corrected chi connectivity index (χ0v) is 19.7. The van der Waals surface area contributed by atoms with Crippen LogP contribution in [0.3, 0.4) is 0 Å². The summed E-state index contributed by atoms with van der Waals surface area (Å²) < 4.78 is 0. The number of carboxylic acids is 1. The highest BCUT2D eigenvalue weighted by atomic mass is 35.5. The molecule has 10 heteroatoms. The smallest absolute Gasteiger partial charge is 0.322 e. The minimum absolute atomic E-state index is 0.000300. The molecule has 1 amide bonds. The summed E-state index contributed by atoms with van der Waals surface area (Å²) in [6.07, 6.45) is -0.871. The fourth-order valence-corrected chi connectivity index (χ4v) is 3.45. The fourth-order valence-electron chi connectivity index (χ4n) is 3.33. The number of carbonyl (C=O) groups excluding carboxylic acids is 1. The van der Waals surface area contributed by atoms with Crippen LogP contribution in [-0.4, -0.2) is 58.5 Å². The van der Waals surface area contributed by atoms with Gasteiger partial charge in [0, 0.05) is 30.1 Å². The summed E-state index contributed by atoms with van der Waals surface area (Å²) >= 11 is 6.10. The molecule has 9 nitrogen and oxygen atoms in total. The number of nitrogens with two attached hydrogens (primary N) is 2. The monoisotopic (exact) mass is 490 g/mol. The van der Waals surface area contributed by atoms with Crippen molar-refractivity contribution in [2.75, 3.05) is 13.1 Å². The third-order valence-corrected chi connectivity index (χ3v) is 5.76. The van der Waals surface area contributed by atoms with E-state index in [9.17, 15) is 19.8 Å². The van der Waals surface area contributed by atoms with Crippen LogP contribution < -0.4 is 22.1 Å². The molecular weight excluding hydrogens is 460 g/mol. The van der Waals surface area contributed by atoms with Crippen LogP contribution in [-0.2, 0) is 16.0 Å². The second-order valence-corrected chi connectivity index (χ2v) is 8.48. The number of aryl methyl sites for hydroxylation is 1. The van der Waals surface area contributed by atoms with Crippen molar-refractivity contribution < 1.29 is 24.9 Å². The van der Waals surface area contributed by atoms with Crippen LogP contribution in [0.4, 0.5) is 0 Å². The molecule has 2 aromatic carbocycles. The molecule has 0 radical (unpaired) electrons. The number of aliphatic hydroxyl groups excluding tert-OH is 1. The highest BCUT2D eigenvalue weighted by Gasteiger charge is 2.24. The van der Waals surface area contributed by atoms with Crippen molar-refractivity contribution in [2.45, 2.75) is 38.0 Å². The van der Waals surface area contributed by atoms with E-state index < -0.39 is 36.6 Å². The summed E-state index contributed by atoms with van der Waals surface area (Å²) in [5.41, 5.74) is 14.9. The summed E-state index contributed by atoms with van der Waals surface area (Å²) in [5, 5.41) is 35.0. The SMILES string of the molecule is C=C(NCC(=O)O)[C@H](C[C@@H](O)CN)NC(=O)[C@@H](N)Cc1cc(-c2ccc(Cl)c(C)c2)ccc1O. The minimum Gasteiger partial charge on any atom is -0.508 e. The van der Waals surface area contributed by atoms with Gasteiger partial charge < -0.3 is 37.4 Å². The quantitative estimate of drug-likeness (QED) is 0.233. The lowest BCUT2D eigenvalue weighted by Crippen LogP contribution is -2.50. The van der Waals surface area contributed by atoms with Gasteiger partial charge in [0.15, 0.2) is 0 Å². The molecule has 9 N–H and O–H groups in total. The molecular formula is C24H31ClN4O5. The highest BCUT2D eigenvalue weighted by molar-refractivity contribution is 6.31. The van der Waals surface area contributed by atoms with Crippen LogP contribution in [0.2, 0.25) is 5.02 Å². The molecule has 2 aromatic rings. The van der Waals surface area contributed by atoms with Gasteiger partial charge in [0.25, 0.3) is 0 Å². The largest absolute Gasteiger partial charge is 0.508 e. The molecule has 0 fully saturated rings. The number of nitrogens with one attached hydrogen (secondary N) is 2. The van der Waals surface area contributed by atoms with Crippen LogP contribution >= 0.6 is 11.6 Å². The molecule has 0 unspecified atom stereocenters. The predicted octanol–water partition coefficient (Wildman–Crippen LogP) is 1.27. The molecule has 0 spiro atoms. The summed E-state index contributed by atoms with van der Waals surface area (Å²) in [7, 11) is 0. The molecule has 3 atom stereocenters. The number of halogens is 1. The Hall–Kier alpha value is -3.11. The van der Waals surface area contributed by atoms with Gasteiger partial charge in [-0.25, -0.2) is 0 Å². The number of carbonyl (C=O) groups is 2. The van der Waals surface area contributed by atoms with E-state index in [0.29, 0.717) is 10.6 Å². The second-order valence-electron chi connectivity index (χ2n) is 8.08. The molecule has 184 valence electrons. The first-order valence-corrected chi connectivity index (χ1v) is 11.1. The van der Waals surface area contributed by atoms with Crippen LogP contribution in [0.15, 0.2) is 48.7 Å². The zero-order chi connectivity index (χ0) is 25.4. The van der Waals surface area contributed by atoms with Gasteiger partial charge in [-0.1, -0.05) is 30.3 Å². The third kappa shape index (κ3) is 7.74. The third-order valence-electron chi connectivity index (χ3n) is 5.33. The normalized spacial score (nSPS) is 13.6. The molecule has 0 heterocycles. The van der Waals surface area contributed by atoms with Gasteiger partial charge in [-0.2, -0.15) is 0 Å². The van der Waals surface area contributed by atoms with E-state index >= 15 is 0 Å². The molecule has 0 saturated heterocycles. The maximum absolute atomic E-state index is 12.8. The number of phenolic OH excluding ortho intramolecular Hbond substituents is 1. The highest BCUT2D eigenvalue weighted by Crippen LogP contribution is 2.29. The number of carboxylic acid groups (broad SMARTS) is 1. The van der Waals surface area contributed by atoms with Gasteiger partial charge in [-0.3, -0.25) is 9.59 Å². The van der Waals surface area contributed by atoms with E-state index in [1.54, 1.807) is 18.2 Å². The van der Waals surface area contributed by atoms with Crippen LogP contribution in [0.1, 0.15) is 17.5 Å². The van der Waals surface area contributed by atoms with Gasteiger partial charge in [0.1, 0.15) is 12.3 Å². The Kier molecular flexibility index (Phi) is 9.88. The molecule has 0 aromatic heterocycles.